The van der Waals surface area contributed by atoms with E-state index in [1.54, 1.807) is 83.5 Å². The van der Waals surface area contributed by atoms with Crippen molar-refractivity contribution in [3.05, 3.63) is 0 Å². The van der Waals surface area contributed by atoms with Crippen LogP contribution in [0.15, 0.2) is 0 Å². The van der Waals surface area contributed by atoms with Gasteiger partial charge in [0.05, 0.1) is 35.6 Å². The number of hydrogen-bond donors (Lipinski definition) is 4. The Bertz CT molecular complexity index is 217. The van der Waals surface area contributed by atoms with Gasteiger partial charge in [-0.3, -0.25) is 0 Å². The molecule has 25 heavy (non-hydrogen) atoms. The third-order valence-corrected chi connectivity index (χ3v) is 0.995. The molecule has 0 spiro atoms. The smallest absolute Gasteiger partial charge is 0.0824 e. The zero-order chi connectivity index (χ0) is 20.8. The van der Waals surface area contributed by atoms with Crippen molar-refractivity contribution in [3.8, 4) is 0 Å². The first-order valence-corrected chi connectivity index (χ1v) is 8.00. The number of hydrogen-bond acceptors (Lipinski definition) is 6. The third kappa shape index (κ3) is 169. The molecule has 0 bridgehead atoms. The predicted octanol–water partition coefficient (Wildman–Crippen LogP) is 2.36. The zero-order valence-electron chi connectivity index (χ0n) is 18.5. The Kier molecular flexibility index (Phi) is 24.5. The fourth-order valence-electron chi connectivity index (χ4n) is 0.706. The maximum atomic E-state index is 8.89. The van der Waals surface area contributed by atoms with Crippen molar-refractivity contribution < 1.29 is 55.7 Å². The fraction of sp³-hybridized carbons (Fsp3) is 1.00. The molecule has 0 saturated heterocycles. The average Bonchev–Trinajstić information content (AvgIpc) is 2.07. The van der Waals surface area contributed by atoms with E-state index in [4.69, 9.17) is 20.4 Å². The molecule has 0 radical (unpaired) electrons. The van der Waals surface area contributed by atoms with Gasteiger partial charge in [-0.15, -0.1) is 0 Å². The van der Waals surface area contributed by atoms with Gasteiger partial charge >= 0.3 is 0 Å². The number of aliphatic hydroxyl groups is 4. The molecule has 0 aromatic heterocycles. The minimum absolute atomic E-state index is 0. The summed E-state index contributed by atoms with van der Waals surface area (Å²) in [6.07, 6.45) is 0. The van der Waals surface area contributed by atoms with Gasteiger partial charge in [0, 0.05) is 40.1 Å². The van der Waals surface area contributed by atoms with Crippen LogP contribution in [0.3, 0.4) is 0 Å². The maximum Gasteiger partial charge on any atom is 0.0824 e. The van der Waals surface area contributed by atoms with Crippen LogP contribution in [0.5, 0.6) is 0 Å². The van der Waals surface area contributed by atoms with Crippen molar-refractivity contribution in [2.45, 2.75) is 91.6 Å². The summed E-state index contributed by atoms with van der Waals surface area (Å²) in [5.41, 5.74) is -2.34. The van der Waals surface area contributed by atoms with Gasteiger partial charge in [-0.2, -0.15) is 0 Å². The molecule has 0 unspecified atom stereocenters. The summed E-state index contributed by atoms with van der Waals surface area (Å²) in [4.78, 5) is 0. The Morgan fingerprint density at radius 1 is 0.520 bits per heavy atom. The number of ether oxygens (including phenoxy) is 2. The van der Waals surface area contributed by atoms with E-state index in [9.17, 15) is 0 Å². The van der Waals surface area contributed by atoms with Crippen molar-refractivity contribution >= 4 is 0 Å². The molecule has 4 N–H and O–H groups in total. The summed E-state index contributed by atoms with van der Waals surface area (Å²) >= 11 is 0. The maximum absolute atomic E-state index is 8.89. The molecule has 0 saturated carbocycles. The Hall–Kier alpha value is 0.630. The molecule has 156 valence electrons. The van der Waals surface area contributed by atoms with Crippen molar-refractivity contribution in [1.82, 2.24) is 0 Å². The first-order chi connectivity index (χ1) is 10.1. The SMILES string of the molecule is CC(C)(C)O.CC(C)(C)O.COCC(C)(C)O.COCC(C)(C)O.[Hf]. The van der Waals surface area contributed by atoms with Crippen molar-refractivity contribution in [3.63, 3.8) is 0 Å². The van der Waals surface area contributed by atoms with Gasteiger partial charge in [0.1, 0.15) is 0 Å². The average molecular weight is 535 g/mol. The Labute approximate surface area is 174 Å². The van der Waals surface area contributed by atoms with E-state index in [-0.39, 0.29) is 25.8 Å². The second-order valence-electron chi connectivity index (χ2n) is 8.83. The van der Waals surface area contributed by atoms with Gasteiger partial charge in [0.25, 0.3) is 0 Å². The summed E-state index contributed by atoms with van der Waals surface area (Å²) < 4.78 is 9.31. The molecule has 0 atom stereocenters. The van der Waals surface area contributed by atoms with Crippen molar-refractivity contribution in [2.75, 3.05) is 27.4 Å². The zero-order valence-corrected chi connectivity index (χ0v) is 22.1. The van der Waals surface area contributed by atoms with E-state index in [2.05, 4.69) is 9.47 Å². The molecular weight excluding hydrogens is 491 g/mol. The summed E-state index contributed by atoms with van der Waals surface area (Å²) in [6, 6.07) is 0. The molecule has 0 aromatic carbocycles. The van der Waals surface area contributed by atoms with E-state index < -0.39 is 22.4 Å². The van der Waals surface area contributed by atoms with Crippen molar-refractivity contribution in [1.29, 1.82) is 0 Å². The van der Waals surface area contributed by atoms with Crippen LogP contribution in [-0.4, -0.2) is 70.3 Å². The van der Waals surface area contributed by atoms with E-state index >= 15 is 0 Å². The van der Waals surface area contributed by atoms with Gasteiger partial charge in [-0.25, -0.2) is 0 Å². The summed E-state index contributed by atoms with van der Waals surface area (Å²) in [6.45, 7) is 18.1. The van der Waals surface area contributed by atoms with E-state index in [1.165, 1.54) is 0 Å². The minimum Gasteiger partial charge on any atom is -0.391 e. The van der Waals surface area contributed by atoms with Gasteiger partial charge in [-0.1, -0.05) is 0 Å². The van der Waals surface area contributed by atoms with E-state index in [0.717, 1.165) is 0 Å². The van der Waals surface area contributed by atoms with Crippen LogP contribution in [0.1, 0.15) is 69.2 Å². The standard InChI is InChI=1S/2C5H12O2.2C4H10O.Hf/c2*1-5(2,6)4-7-3;2*1-4(2,3)5;/h2*6H,4H2,1-3H3;2*5H,1-3H3;. The first-order valence-electron chi connectivity index (χ1n) is 8.00. The molecule has 0 fully saturated rings. The largest absolute Gasteiger partial charge is 0.391 e. The number of methoxy groups -OCH3 is 2. The minimum atomic E-state index is -0.672. The van der Waals surface area contributed by atoms with E-state index in [0.29, 0.717) is 13.2 Å². The number of rotatable bonds is 4. The molecule has 0 aliphatic carbocycles. The second-order valence-corrected chi connectivity index (χ2v) is 8.83. The van der Waals surface area contributed by atoms with Crippen LogP contribution >= 0.6 is 0 Å². The van der Waals surface area contributed by atoms with Crippen LogP contribution in [0.4, 0.5) is 0 Å². The third-order valence-electron chi connectivity index (χ3n) is 0.995. The molecule has 0 aliphatic rings. The summed E-state index contributed by atoms with van der Waals surface area (Å²) in [5.74, 6) is 0. The molecule has 0 rings (SSSR count). The molecule has 0 heterocycles. The molecule has 0 aromatic rings. The van der Waals surface area contributed by atoms with Gasteiger partial charge < -0.3 is 29.9 Å². The Balaban J connectivity index is -0.0000000711. The summed E-state index contributed by atoms with van der Waals surface area (Å²) in [7, 11) is 3.13. The monoisotopic (exact) mass is 536 g/mol. The summed E-state index contributed by atoms with van der Waals surface area (Å²) in [5, 5.41) is 34.8. The Morgan fingerprint density at radius 3 is 0.640 bits per heavy atom. The molecule has 7 heteroatoms. The van der Waals surface area contributed by atoms with E-state index in [1.807, 2.05) is 0 Å². The molecule has 6 nitrogen and oxygen atoms in total. The first kappa shape index (κ1) is 36.5. The second kappa shape index (κ2) is 16.8. The van der Waals surface area contributed by atoms with Crippen LogP contribution in [0.25, 0.3) is 0 Å². The van der Waals surface area contributed by atoms with Crippen LogP contribution in [0, 0.1) is 0 Å². The normalized spacial score (nSPS) is 11.5. The van der Waals surface area contributed by atoms with Gasteiger partial charge in [-0.05, 0) is 69.2 Å². The topological polar surface area (TPSA) is 99.4 Å². The molecule has 0 amide bonds. The molecular formula is C18H44HfO6. The molecule has 0 aliphatic heterocycles. The van der Waals surface area contributed by atoms with Gasteiger partial charge in [0.2, 0.25) is 0 Å². The quantitative estimate of drug-likeness (QED) is 0.413. The van der Waals surface area contributed by atoms with Crippen LogP contribution in [0.2, 0.25) is 0 Å². The van der Waals surface area contributed by atoms with Crippen LogP contribution in [-0.2, 0) is 35.3 Å². The Morgan fingerprint density at radius 2 is 0.640 bits per heavy atom. The van der Waals surface area contributed by atoms with Crippen molar-refractivity contribution in [2.24, 2.45) is 0 Å². The fourth-order valence-corrected chi connectivity index (χ4v) is 0.706. The predicted molar refractivity (Wildman–Crippen MR) is 100 cm³/mol. The van der Waals surface area contributed by atoms with Gasteiger partial charge in [0.15, 0.2) is 0 Å². The van der Waals surface area contributed by atoms with Crippen LogP contribution < -0.4 is 0 Å².